The number of aryl methyl sites for hydroxylation is 2. The van der Waals surface area contributed by atoms with Gasteiger partial charge >= 0.3 is 0 Å². The second-order valence-electron chi connectivity index (χ2n) is 5.91. The first kappa shape index (κ1) is 16.2. The van der Waals surface area contributed by atoms with E-state index in [-0.39, 0.29) is 0 Å². The lowest BCUT2D eigenvalue weighted by Gasteiger charge is -2.16. The molecule has 4 rings (SSSR count). The van der Waals surface area contributed by atoms with Gasteiger partial charge in [-0.25, -0.2) is 9.97 Å². The lowest BCUT2D eigenvalue weighted by Crippen LogP contribution is -2.07. The van der Waals surface area contributed by atoms with E-state index in [4.69, 9.17) is 4.98 Å². The van der Waals surface area contributed by atoms with Gasteiger partial charge in [-0.2, -0.15) is 5.26 Å². The highest BCUT2D eigenvalue weighted by molar-refractivity contribution is 7.98. The largest absolute Gasteiger partial charge is 0.254 e. The number of hydrogen-bond acceptors (Lipinski definition) is 6. The van der Waals surface area contributed by atoms with Crippen LogP contribution in [0.15, 0.2) is 40.9 Å². The molecule has 6 heteroatoms. The fourth-order valence-electron chi connectivity index (χ4n) is 2.93. The highest BCUT2D eigenvalue weighted by atomic mass is 32.2. The minimum atomic E-state index is 0.686. The predicted octanol–water partition coefficient (Wildman–Crippen LogP) is 4.64. The zero-order chi connectivity index (χ0) is 17.1. The van der Waals surface area contributed by atoms with Crippen LogP contribution in [0, 0.1) is 11.3 Å². The van der Waals surface area contributed by atoms with Gasteiger partial charge in [0.05, 0.1) is 17.0 Å². The molecule has 3 aromatic heterocycles. The highest BCUT2D eigenvalue weighted by Gasteiger charge is 2.16. The fraction of sp³-hybridized carbons (Fsp3) is 0.263. The summed E-state index contributed by atoms with van der Waals surface area (Å²) in [4.78, 5) is 13.8. The lowest BCUT2D eigenvalue weighted by atomic mass is 9.95. The van der Waals surface area contributed by atoms with Gasteiger partial charge in [-0.05, 0) is 49.4 Å². The van der Waals surface area contributed by atoms with Crippen molar-refractivity contribution in [2.75, 3.05) is 0 Å². The first-order valence-electron chi connectivity index (χ1n) is 8.25. The van der Waals surface area contributed by atoms with Gasteiger partial charge in [0.15, 0.2) is 0 Å². The van der Waals surface area contributed by atoms with Crippen molar-refractivity contribution in [1.82, 2.24) is 15.0 Å². The van der Waals surface area contributed by atoms with E-state index < -0.39 is 0 Å². The summed E-state index contributed by atoms with van der Waals surface area (Å²) in [6.07, 6.45) is 6.23. The van der Waals surface area contributed by atoms with Gasteiger partial charge in [-0.15, -0.1) is 11.3 Å². The average molecular weight is 364 g/mol. The Labute approximate surface area is 155 Å². The maximum Gasteiger partial charge on any atom is 0.142 e. The number of thioether (sulfide) groups is 1. The number of aromatic nitrogens is 3. The van der Waals surface area contributed by atoms with E-state index >= 15 is 0 Å². The number of rotatable bonds is 4. The Hall–Kier alpha value is -2.23. The molecule has 0 amide bonds. The van der Waals surface area contributed by atoms with Gasteiger partial charge in [0, 0.05) is 23.0 Å². The summed E-state index contributed by atoms with van der Waals surface area (Å²) >= 11 is 3.19. The molecule has 124 valence electrons. The van der Waals surface area contributed by atoms with Crippen LogP contribution in [0.3, 0.4) is 0 Å². The van der Waals surface area contributed by atoms with Crippen molar-refractivity contribution in [1.29, 1.82) is 5.26 Å². The van der Waals surface area contributed by atoms with Gasteiger partial charge in [-0.3, -0.25) is 4.98 Å². The van der Waals surface area contributed by atoms with Gasteiger partial charge in [0.2, 0.25) is 0 Å². The number of pyridine rings is 2. The second kappa shape index (κ2) is 7.34. The van der Waals surface area contributed by atoms with Crippen LogP contribution in [-0.4, -0.2) is 15.0 Å². The molecule has 0 bridgehead atoms. The van der Waals surface area contributed by atoms with Crippen molar-refractivity contribution in [2.24, 2.45) is 0 Å². The minimum absolute atomic E-state index is 0.686. The standard InChI is InChI=1S/C19H16N4S2/c20-10-14-9-13-5-1-2-6-16(13)23-18(14)24-11-15-12-25-19(22-15)17-7-3-4-8-21-17/h3-4,7-9,12H,1-2,5-6,11H2. The summed E-state index contributed by atoms with van der Waals surface area (Å²) in [5.41, 5.74) is 5.00. The van der Waals surface area contributed by atoms with Crippen LogP contribution in [0.1, 0.15) is 35.4 Å². The van der Waals surface area contributed by atoms with E-state index in [2.05, 4.69) is 21.4 Å². The van der Waals surface area contributed by atoms with Gasteiger partial charge in [-0.1, -0.05) is 17.8 Å². The third kappa shape index (κ3) is 3.58. The van der Waals surface area contributed by atoms with E-state index in [0.717, 1.165) is 34.3 Å². The van der Waals surface area contributed by atoms with E-state index in [0.29, 0.717) is 11.3 Å². The van der Waals surface area contributed by atoms with E-state index in [1.54, 1.807) is 29.3 Å². The number of nitrogens with zero attached hydrogens (tertiary/aromatic N) is 4. The van der Waals surface area contributed by atoms with Crippen LogP contribution in [0.25, 0.3) is 10.7 Å². The number of thiazole rings is 1. The molecule has 0 N–H and O–H groups in total. The van der Waals surface area contributed by atoms with Gasteiger partial charge in [0.25, 0.3) is 0 Å². The first-order valence-corrected chi connectivity index (χ1v) is 10.1. The summed E-state index contributed by atoms with van der Waals surface area (Å²) in [5, 5.41) is 13.3. The van der Waals surface area contributed by atoms with E-state index in [9.17, 15) is 5.26 Å². The zero-order valence-electron chi connectivity index (χ0n) is 13.6. The molecular formula is C19H16N4S2. The Morgan fingerprint density at radius 3 is 2.96 bits per heavy atom. The molecule has 0 unspecified atom stereocenters. The zero-order valence-corrected chi connectivity index (χ0v) is 15.2. The molecule has 0 aromatic carbocycles. The predicted molar refractivity (Wildman–Crippen MR) is 101 cm³/mol. The van der Waals surface area contributed by atoms with Crippen molar-refractivity contribution in [3.05, 3.63) is 58.4 Å². The van der Waals surface area contributed by atoms with Crippen molar-refractivity contribution < 1.29 is 0 Å². The van der Waals surface area contributed by atoms with Crippen LogP contribution in [0.2, 0.25) is 0 Å². The molecule has 1 aliphatic rings. The molecule has 0 saturated carbocycles. The number of nitriles is 1. The van der Waals surface area contributed by atoms with Crippen LogP contribution < -0.4 is 0 Å². The average Bonchev–Trinajstić information content (AvgIpc) is 3.15. The summed E-state index contributed by atoms with van der Waals surface area (Å²) in [6, 6.07) is 10.2. The Kier molecular flexibility index (Phi) is 4.77. The van der Waals surface area contributed by atoms with Crippen molar-refractivity contribution in [2.45, 2.75) is 36.5 Å². The van der Waals surface area contributed by atoms with Gasteiger partial charge in [0.1, 0.15) is 16.1 Å². The Bertz CT molecular complexity index is 928. The molecule has 1 aliphatic carbocycles. The van der Waals surface area contributed by atoms with Crippen LogP contribution in [0.5, 0.6) is 0 Å². The second-order valence-corrected chi connectivity index (χ2v) is 7.74. The third-order valence-corrected chi connectivity index (χ3v) is 6.12. The molecule has 0 spiro atoms. The normalized spacial score (nSPS) is 13.2. The molecule has 25 heavy (non-hydrogen) atoms. The van der Waals surface area contributed by atoms with Crippen LogP contribution in [0.4, 0.5) is 0 Å². The summed E-state index contributed by atoms with van der Waals surface area (Å²) < 4.78 is 0. The highest BCUT2D eigenvalue weighted by Crippen LogP contribution is 2.30. The van der Waals surface area contributed by atoms with E-state index in [1.165, 1.54) is 24.1 Å². The molecule has 0 fully saturated rings. The van der Waals surface area contributed by atoms with E-state index in [1.807, 2.05) is 24.3 Å². The summed E-state index contributed by atoms with van der Waals surface area (Å²) in [6.45, 7) is 0. The smallest absolute Gasteiger partial charge is 0.142 e. The van der Waals surface area contributed by atoms with Crippen molar-refractivity contribution >= 4 is 23.1 Å². The fourth-order valence-corrected chi connectivity index (χ4v) is 4.70. The number of hydrogen-bond donors (Lipinski definition) is 0. The SMILES string of the molecule is N#Cc1cc2c(nc1SCc1csc(-c3ccccn3)n1)CCCC2. The molecule has 0 saturated heterocycles. The first-order chi connectivity index (χ1) is 12.3. The minimum Gasteiger partial charge on any atom is -0.254 e. The molecule has 3 aromatic rings. The number of fused-ring (bicyclic) bond motifs is 1. The van der Waals surface area contributed by atoms with Crippen LogP contribution >= 0.6 is 23.1 Å². The molecule has 3 heterocycles. The molecule has 4 nitrogen and oxygen atoms in total. The Balaban J connectivity index is 1.52. The lowest BCUT2D eigenvalue weighted by molar-refractivity contribution is 0.660. The monoisotopic (exact) mass is 364 g/mol. The third-order valence-electron chi connectivity index (χ3n) is 4.18. The van der Waals surface area contributed by atoms with Crippen LogP contribution in [-0.2, 0) is 18.6 Å². The van der Waals surface area contributed by atoms with Gasteiger partial charge < -0.3 is 0 Å². The molecule has 0 aliphatic heterocycles. The molecular weight excluding hydrogens is 348 g/mol. The Morgan fingerprint density at radius 1 is 1.20 bits per heavy atom. The molecule has 0 atom stereocenters. The maximum atomic E-state index is 9.44. The summed E-state index contributed by atoms with van der Waals surface area (Å²) in [7, 11) is 0. The summed E-state index contributed by atoms with van der Waals surface area (Å²) in [5.74, 6) is 0.712. The quantitative estimate of drug-likeness (QED) is 0.631. The van der Waals surface area contributed by atoms with Crippen molar-refractivity contribution in [3.63, 3.8) is 0 Å². The molecule has 0 radical (unpaired) electrons. The maximum absolute atomic E-state index is 9.44. The van der Waals surface area contributed by atoms with Crippen molar-refractivity contribution in [3.8, 4) is 16.8 Å². The topological polar surface area (TPSA) is 62.5 Å². The Morgan fingerprint density at radius 2 is 2.12 bits per heavy atom.